The van der Waals surface area contributed by atoms with Crippen LogP contribution >= 0.6 is 0 Å². The van der Waals surface area contributed by atoms with E-state index in [9.17, 15) is 0 Å². The van der Waals surface area contributed by atoms with Crippen molar-refractivity contribution in [1.29, 1.82) is 0 Å². The molecule has 0 radical (unpaired) electrons. The molecule has 76 valence electrons. The molecule has 0 saturated heterocycles. The summed E-state index contributed by atoms with van der Waals surface area (Å²) in [5, 5.41) is 0. The molecule has 1 aliphatic carbocycles. The van der Waals surface area contributed by atoms with Gasteiger partial charge in [0, 0.05) is 31.5 Å². The summed E-state index contributed by atoms with van der Waals surface area (Å²) in [6, 6.07) is 1.98. The molecular weight excluding hydrogens is 174 g/mol. The fourth-order valence-corrected chi connectivity index (χ4v) is 1.95. The lowest BCUT2D eigenvalue weighted by molar-refractivity contribution is 0.669. The first-order valence-electron chi connectivity index (χ1n) is 5.14. The maximum atomic E-state index is 6.01. The van der Waals surface area contributed by atoms with Crippen molar-refractivity contribution in [2.45, 2.75) is 25.7 Å². The van der Waals surface area contributed by atoms with Crippen molar-refractivity contribution in [1.82, 2.24) is 4.98 Å². The van der Waals surface area contributed by atoms with Gasteiger partial charge in [-0.2, -0.15) is 0 Å². The van der Waals surface area contributed by atoms with Crippen molar-refractivity contribution in [2.24, 2.45) is 0 Å². The largest absolute Gasteiger partial charge is 0.398 e. The molecule has 1 aliphatic rings. The third-order valence-electron chi connectivity index (χ3n) is 2.78. The van der Waals surface area contributed by atoms with Crippen LogP contribution in [0.4, 0.5) is 11.5 Å². The van der Waals surface area contributed by atoms with Gasteiger partial charge in [-0.05, 0) is 31.2 Å². The smallest absolute Gasteiger partial charge is 0.130 e. The van der Waals surface area contributed by atoms with Gasteiger partial charge in [-0.1, -0.05) is 0 Å². The third kappa shape index (κ3) is 1.54. The molecule has 0 fully saturated rings. The van der Waals surface area contributed by atoms with E-state index in [0.717, 1.165) is 24.3 Å². The molecule has 2 N–H and O–H groups in total. The molecular formula is C11H17N3. The normalized spacial score (nSPS) is 15.0. The molecule has 1 heterocycles. The van der Waals surface area contributed by atoms with Gasteiger partial charge in [0.1, 0.15) is 5.82 Å². The topological polar surface area (TPSA) is 42.1 Å². The van der Waals surface area contributed by atoms with Crippen LogP contribution in [0.15, 0.2) is 6.07 Å². The number of rotatable bonds is 1. The summed E-state index contributed by atoms with van der Waals surface area (Å²) in [6.07, 6.45) is 4.68. The minimum absolute atomic E-state index is 0.915. The van der Waals surface area contributed by atoms with Gasteiger partial charge in [0.15, 0.2) is 0 Å². The van der Waals surface area contributed by atoms with Gasteiger partial charge in [-0.25, -0.2) is 4.98 Å². The minimum atomic E-state index is 0.915. The molecule has 14 heavy (non-hydrogen) atoms. The third-order valence-corrected chi connectivity index (χ3v) is 2.78. The molecule has 3 heteroatoms. The second kappa shape index (κ2) is 3.48. The summed E-state index contributed by atoms with van der Waals surface area (Å²) in [5.74, 6) is 0.975. The molecule has 0 aromatic carbocycles. The molecule has 0 amide bonds. The Morgan fingerprint density at radius 1 is 1.29 bits per heavy atom. The van der Waals surface area contributed by atoms with E-state index in [1.54, 1.807) is 0 Å². The number of fused-ring (bicyclic) bond motifs is 1. The Kier molecular flexibility index (Phi) is 2.32. The van der Waals surface area contributed by atoms with Gasteiger partial charge in [0.2, 0.25) is 0 Å². The lowest BCUT2D eigenvalue weighted by Gasteiger charge is -2.20. The molecule has 0 unspecified atom stereocenters. The van der Waals surface area contributed by atoms with Crippen molar-refractivity contribution in [3.05, 3.63) is 17.3 Å². The quantitative estimate of drug-likeness (QED) is 0.733. The molecule has 2 rings (SSSR count). The molecule has 0 atom stereocenters. The molecule has 0 spiro atoms. The number of hydrogen-bond donors (Lipinski definition) is 1. The van der Waals surface area contributed by atoms with Crippen molar-refractivity contribution in [3.8, 4) is 0 Å². The van der Waals surface area contributed by atoms with Crippen LogP contribution < -0.4 is 10.6 Å². The van der Waals surface area contributed by atoms with E-state index >= 15 is 0 Å². The average Bonchev–Trinajstić information content (AvgIpc) is 2.17. The summed E-state index contributed by atoms with van der Waals surface area (Å²) in [7, 11) is 3.99. The highest BCUT2D eigenvalue weighted by molar-refractivity contribution is 5.58. The monoisotopic (exact) mass is 191 g/mol. The first-order chi connectivity index (χ1) is 6.68. The summed E-state index contributed by atoms with van der Waals surface area (Å²) < 4.78 is 0. The number of aromatic nitrogens is 1. The van der Waals surface area contributed by atoms with Crippen LogP contribution in [-0.4, -0.2) is 19.1 Å². The molecule has 0 aliphatic heterocycles. The zero-order valence-electron chi connectivity index (χ0n) is 8.88. The van der Waals surface area contributed by atoms with E-state index in [1.807, 2.05) is 25.1 Å². The predicted octanol–water partition coefficient (Wildman–Crippen LogP) is 1.61. The van der Waals surface area contributed by atoms with Crippen LogP contribution in [0.2, 0.25) is 0 Å². The van der Waals surface area contributed by atoms with E-state index in [1.165, 1.54) is 24.1 Å². The summed E-state index contributed by atoms with van der Waals surface area (Å²) in [5.41, 5.74) is 9.42. The Morgan fingerprint density at radius 3 is 2.71 bits per heavy atom. The van der Waals surface area contributed by atoms with E-state index in [2.05, 4.69) is 4.98 Å². The Labute approximate surface area is 84.9 Å². The zero-order chi connectivity index (χ0) is 10.1. The maximum Gasteiger partial charge on any atom is 0.130 e. The summed E-state index contributed by atoms with van der Waals surface area (Å²) in [4.78, 5) is 6.62. The van der Waals surface area contributed by atoms with E-state index in [0.29, 0.717) is 0 Å². The first kappa shape index (κ1) is 9.31. The molecule has 1 aromatic rings. The van der Waals surface area contributed by atoms with Crippen molar-refractivity contribution < 1.29 is 0 Å². The predicted molar refractivity (Wildman–Crippen MR) is 59.6 cm³/mol. The van der Waals surface area contributed by atoms with E-state index < -0.39 is 0 Å². The fourth-order valence-electron chi connectivity index (χ4n) is 1.95. The van der Waals surface area contributed by atoms with Gasteiger partial charge < -0.3 is 10.6 Å². The van der Waals surface area contributed by atoms with E-state index in [4.69, 9.17) is 5.73 Å². The lowest BCUT2D eigenvalue weighted by Crippen LogP contribution is -2.15. The van der Waals surface area contributed by atoms with Gasteiger partial charge in [0.25, 0.3) is 0 Å². The van der Waals surface area contributed by atoms with Crippen LogP contribution in [0, 0.1) is 0 Å². The number of aryl methyl sites for hydroxylation is 1. The van der Waals surface area contributed by atoms with Crippen molar-refractivity contribution in [2.75, 3.05) is 24.7 Å². The number of nitrogen functional groups attached to an aromatic ring is 1. The molecule has 3 nitrogen and oxygen atoms in total. The standard InChI is InChI=1S/C11H17N3/c1-14(2)11-7-9(12)8-5-3-4-6-10(8)13-11/h7H,3-6H2,1-2H3,(H2,12,13). The summed E-state index contributed by atoms with van der Waals surface area (Å²) >= 11 is 0. The average molecular weight is 191 g/mol. The Hall–Kier alpha value is -1.25. The number of pyridine rings is 1. The number of nitrogens with zero attached hydrogens (tertiary/aromatic N) is 2. The summed E-state index contributed by atoms with van der Waals surface area (Å²) in [6.45, 7) is 0. The number of nitrogens with two attached hydrogens (primary N) is 1. The van der Waals surface area contributed by atoms with Crippen molar-refractivity contribution >= 4 is 11.5 Å². The van der Waals surface area contributed by atoms with Crippen LogP contribution in [0.25, 0.3) is 0 Å². The lowest BCUT2D eigenvalue weighted by atomic mass is 9.95. The first-order valence-corrected chi connectivity index (χ1v) is 5.14. The van der Waals surface area contributed by atoms with Gasteiger partial charge in [-0.15, -0.1) is 0 Å². The van der Waals surface area contributed by atoms with Crippen molar-refractivity contribution in [3.63, 3.8) is 0 Å². The van der Waals surface area contributed by atoms with Gasteiger partial charge >= 0.3 is 0 Å². The highest BCUT2D eigenvalue weighted by Gasteiger charge is 2.15. The maximum absolute atomic E-state index is 6.01. The fraction of sp³-hybridized carbons (Fsp3) is 0.545. The van der Waals surface area contributed by atoms with Gasteiger partial charge in [0.05, 0.1) is 0 Å². The second-order valence-corrected chi connectivity index (χ2v) is 4.10. The highest BCUT2D eigenvalue weighted by atomic mass is 15.1. The molecule has 0 bridgehead atoms. The zero-order valence-corrected chi connectivity index (χ0v) is 8.88. The minimum Gasteiger partial charge on any atom is -0.398 e. The van der Waals surface area contributed by atoms with Crippen LogP contribution in [0.5, 0.6) is 0 Å². The Morgan fingerprint density at radius 2 is 2.00 bits per heavy atom. The molecule has 0 saturated carbocycles. The van der Waals surface area contributed by atoms with Crippen LogP contribution in [0.3, 0.4) is 0 Å². The Bertz CT molecular complexity index is 345. The SMILES string of the molecule is CN(C)c1cc(N)c2c(n1)CCCC2. The highest BCUT2D eigenvalue weighted by Crippen LogP contribution is 2.27. The van der Waals surface area contributed by atoms with Crippen LogP contribution in [0.1, 0.15) is 24.1 Å². The molecule has 1 aromatic heterocycles. The number of hydrogen-bond acceptors (Lipinski definition) is 3. The van der Waals surface area contributed by atoms with Crippen LogP contribution in [-0.2, 0) is 12.8 Å². The number of anilines is 2. The van der Waals surface area contributed by atoms with Gasteiger partial charge in [-0.3, -0.25) is 0 Å². The second-order valence-electron chi connectivity index (χ2n) is 4.10. The Balaban J connectivity index is 2.46. The van der Waals surface area contributed by atoms with E-state index in [-0.39, 0.29) is 0 Å².